The molecule has 1 aliphatic carbocycles. The normalized spacial score (nSPS) is 17.9. The van der Waals surface area contributed by atoms with Gasteiger partial charge in [0, 0.05) is 12.5 Å². The molecule has 0 aromatic heterocycles. The molecule has 0 radical (unpaired) electrons. The monoisotopic (exact) mass is 289 g/mol. The molecule has 0 bridgehead atoms. The summed E-state index contributed by atoms with van der Waals surface area (Å²) in [7, 11) is 1.79. The predicted octanol–water partition coefficient (Wildman–Crippen LogP) is 4.60. The van der Waals surface area contributed by atoms with Crippen LogP contribution in [0.2, 0.25) is 0 Å². The minimum atomic E-state index is 0.584. The molecule has 1 saturated carbocycles. The van der Waals surface area contributed by atoms with Crippen molar-refractivity contribution in [3.05, 3.63) is 29.8 Å². The molecule has 1 N–H and O–H groups in total. The Morgan fingerprint density at radius 2 is 1.81 bits per heavy atom. The maximum absolute atomic E-state index is 5.62. The van der Waals surface area contributed by atoms with Gasteiger partial charge in [-0.1, -0.05) is 51.3 Å². The third kappa shape index (κ3) is 4.74. The van der Waals surface area contributed by atoms with Gasteiger partial charge in [-0.05, 0) is 42.9 Å². The molecule has 0 spiro atoms. The molecule has 0 aliphatic heterocycles. The first-order valence-corrected chi connectivity index (χ1v) is 8.56. The highest BCUT2D eigenvalue weighted by atomic mass is 16.5. The zero-order chi connectivity index (χ0) is 15.1. The van der Waals surface area contributed by atoms with Gasteiger partial charge in [-0.25, -0.2) is 0 Å². The number of nitrogens with one attached hydrogen (secondary N) is 1. The first-order valence-electron chi connectivity index (χ1n) is 8.56. The molecule has 0 heterocycles. The van der Waals surface area contributed by atoms with Crippen molar-refractivity contribution >= 4 is 0 Å². The lowest BCUT2D eigenvalue weighted by Gasteiger charge is -2.32. The predicted molar refractivity (Wildman–Crippen MR) is 90.0 cm³/mol. The van der Waals surface area contributed by atoms with E-state index in [9.17, 15) is 0 Å². The average molecular weight is 289 g/mol. The van der Waals surface area contributed by atoms with E-state index >= 15 is 0 Å². The molecule has 1 unspecified atom stereocenters. The molecule has 1 atom stereocenters. The maximum Gasteiger partial charge on any atom is 0.122 e. The van der Waals surface area contributed by atoms with Crippen molar-refractivity contribution in [1.29, 1.82) is 0 Å². The Hall–Kier alpha value is -1.02. The van der Waals surface area contributed by atoms with Crippen molar-refractivity contribution in [3.63, 3.8) is 0 Å². The highest BCUT2D eigenvalue weighted by Gasteiger charge is 2.26. The van der Waals surface area contributed by atoms with Gasteiger partial charge in [0.15, 0.2) is 0 Å². The first kappa shape index (κ1) is 16.4. The van der Waals surface area contributed by atoms with Crippen LogP contribution in [-0.2, 0) is 0 Å². The average Bonchev–Trinajstić information content (AvgIpc) is 2.52. The molecule has 1 fully saturated rings. The zero-order valence-corrected chi connectivity index (χ0v) is 13.9. The van der Waals surface area contributed by atoms with E-state index < -0.39 is 0 Å². The molecule has 0 amide bonds. The Balaban J connectivity index is 2.13. The Kier molecular flexibility index (Phi) is 6.56. The molecule has 2 heteroatoms. The number of para-hydroxylation sites is 1. The van der Waals surface area contributed by atoms with Crippen molar-refractivity contribution in [3.8, 4) is 5.75 Å². The standard InChI is InChI=1S/C19H31NO/c1-15(2)13-20-14-18(16-9-5-4-6-10-16)17-11-7-8-12-19(17)21-3/h7-8,11-12,15-16,18,20H,4-6,9-10,13-14H2,1-3H3. The fourth-order valence-electron chi connectivity index (χ4n) is 3.57. The number of hydrogen-bond acceptors (Lipinski definition) is 2. The number of benzene rings is 1. The summed E-state index contributed by atoms with van der Waals surface area (Å²) >= 11 is 0. The van der Waals surface area contributed by atoms with Gasteiger partial charge < -0.3 is 10.1 Å². The minimum Gasteiger partial charge on any atom is -0.496 e. The third-order valence-electron chi connectivity index (χ3n) is 4.67. The van der Waals surface area contributed by atoms with Gasteiger partial charge in [-0.15, -0.1) is 0 Å². The van der Waals surface area contributed by atoms with Crippen LogP contribution in [0.1, 0.15) is 57.4 Å². The van der Waals surface area contributed by atoms with E-state index in [0.29, 0.717) is 11.8 Å². The smallest absolute Gasteiger partial charge is 0.122 e. The van der Waals surface area contributed by atoms with Gasteiger partial charge >= 0.3 is 0 Å². The fourth-order valence-corrected chi connectivity index (χ4v) is 3.57. The van der Waals surface area contributed by atoms with E-state index in [-0.39, 0.29) is 0 Å². The van der Waals surface area contributed by atoms with Gasteiger partial charge in [0.2, 0.25) is 0 Å². The van der Waals surface area contributed by atoms with Crippen LogP contribution in [0.15, 0.2) is 24.3 Å². The molecule has 2 rings (SSSR count). The summed E-state index contributed by atoms with van der Waals surface area (Å²) in [6.07, 6.45) is 6.92. The second kappa shape index (κ2) is 8.43. The van der Waals surface area contributed by atoms with E-state index in [1.54, 1.807) is 7.11 Å². The fraction of sp³-hybridized carbons (Fsp3) is 0.684. The second-order valence-corrected chi connectivity index (χ2v) is 6.80. The highest BCUT2D eigenvalue weighted by molar-refractivity contribution is 5.37. The number of hydrogen-bond donors (Lipinski definition) is 1. The molecule has 21 heavy (non-hydrogen) atoms. The molecule has 0 saturated heterocycles. The first-order chi connectivity index (χ1) is 10.2. The van der Waals surface area contributed by atoms with Crippen molar-refractivity contribution in [2.45, 2.75) is 51.9 Å². The van der Waals surface area contributed by atoms with Crippen LogP contribution in [0.5, 0.6) is 5.75 Å². The van der Waals surface area contributed by atoms with Crippen LogP contribution in [0.4, 0.5) is 0 Å². The van der Waals surface area contributed by atoms with Crippen LogP contribution in [-0.4, -0.2) is 20.2 Å². The minimum absolute atomic E-state index is 0.584. The summed E-state index contributed by atoms with van der Waals surface area (Å²) in [5.41, 5.74) is 1.39. The maximum atomic E-state index is 5.62. The highest BCUT2D eigenvalue weighted by Crippen LogP contribution is 2.39. The van der Waals surface area contributed by atoms with Crippen LogP contribution in [0.3, 0.4) is 0 Å². The zero-order valence-electron chi connectivity index (χ0n) is 13.9. The molecule has 2 nitrogen and oxygen atoms in total. The van der Waals surface area contributed by atoms with Crippen molar-refractivity contribution in [2.24, 2.45) is 11.8 Å². The Morgan fingerprint density at radius 3 is 2.48 bits per heavy atom. The lowest BCUT2D eigenvalue weighted by molar-refractivity contribution is 0.288. The molecule has 1 aromatic carbocycles. The molecule has 1 aromatic rings. The quantitative estimate of drug-likeness (QED) is 0.791. The lowest BCUT2D eigenvalue weighted by Crippen LogP contribution is -2.30. The van der Waals surface area contributed by atoms with Crippen LogP contribution >= 0.6 is 0 Å². The van der Waals surface area contributed by atoms with E-state index in [0.717, 1.165) is 24.8 Å². The summed E-state index contributed by atoms with van der Waals surface area (Å²) in [4.78, 5) is 0. The Bertz CT molecular complexity index is 410. The summed E-state index contributed by atoms with van der Waals surface area (Å²) in [6.45, 7) is 6.71. The molecular weight excluding hydrogens is 258 g/mol. The lowest BCUT2D eigenvalue weighted by atomic mass is 9.76. The van der Waals surface area contributed by atoms with Gasteiger partial charge in [0.05, 0.1) is 7.11 Å². The summed E-state index contributed by atoms with van der Waals surface area (Å²) in [6, 6.07) is 8.58. The van der Waals surface area contributed by atoms with Gasteiger partial charge in [-0.3, -0.25) is 0 Å². The van der Waals surface area contributed by atoms with Crippen molar-refractivity contribution in [2.75, 3.05) is 20.2 Å². The SMILES string of the molecule is COc1ccccc1C(CNCC(C)C)C1CCCCC1. The third-order valence-corrected chi connectivity index (χ3v) is 4.67. The number of ether oxygens (including phenoxy) is 1. The van der Waals surface area contributed by atoms with Gasteiger partial charge in [0.1, 0.15) is 5.75 Å². The molecule has 1 aliphatic rings. The summed E-state index contributed by atoms with van der Waals surface area (Å²) in [5, 5.41) is 3.68. The Morgan fingerprint density at radius 1 is 1.10 bits per heavy atom. The second-order valence-electron chi connectivity index (χ2n) is 6.80. The number of methoxy groups -OCH3 is 1. The molecular formula is C19H31NO. The topological polar surface area (TPSA) is 21.3 Å². The number of rotatable bonds is 7. The van der Waals surface area contributed by atoms with E-state index in [4.69, 9.17) is 4.74 Å². The largest absolute Gasteiger partial charge is 0.496 e. The summed E-state index contributed by atoms with van der Waals surface area (Å²) in [5.74, 6) is 3.14. The van der Waals surface area contributed by atoms with Crippen LogP contribution in [0.25, 0.3) is 0 Å². The van der Waals surface area contributed by atoms with Crippen LogP contribution < -0.4 is 10.1 Å². The van der Waals surface area contributed by atoms with E-state index in [2.05, 4.69) is 43.4 Å². The van der Waals surface area contributed by atoms with Crippen LogP contribution in [0, 0.1) is 11.8 Å². The van der Waals surface area contributed by atoms with E-state index in [1.807, 2.05) is 0 Å². The molecule has 118 valence electrons. The van der Waals surface area contributed by atoms with Crippen molar-refractivity contribution in [1.82, 2.24) is 5.32 Å². The van der Waals surface area contributed by atoms with Gasteiger partial charge in [0.25, 0.3) is 0 Å². The van der Waals surface area contributed by atoms with Gasteiger partial charge in [-0.2, -0.15) is 0 Å². The van der Waals surface area contributed by atoms with Crippen molar-refractivity contribution < 1.29 is 4.74 Å². The summed E-state index contributed by atoms with van der Waals surface area (Å²) < 4.78 is 5.62. The Labute approximate surface area is 130 Å². The van der Waals surface area contributed by atoms with E-state index in [1.165, 1.54) is 37.7 Å².